The number of nitrogens with one attached hydrogen (secondary N) is 1. The lowest BCUT2D eigenvalue weighted by Gasteiger charge is -2.38. The fourth-order valence-electron chi connectivity index (χ4n) is 4.13. The number of benzene rings is 1. The SMILES string of the molecule is CC(C)[C@@H]1c2[nH]c3ccccc3c2CCN1C(=O)c1ccc(N(C)C)nc1. The van der Waals surface area contributed by atoms with E-state index in [1.165, 1.54) is 16.6 Å². The number of fused-ring (bicyclic) bond motifs is 3. The van der Waals surface area contributed by atoms with Crippen molar-refractivity contribution >= 4 is 22.6 Å². The van der Waals surface area contributed by atoms with Crippen LogP contribution in [0.25, 0.3) is 10.9 Å². The molecular formula is C22H26N4O. The molecule has 0 spiro atoms. The lowest BCUT2D eigenvalue weighted by molar-refractivity contribution is 0.0598. The Morgan fingerprint density at radius 3 is 2.67 bits per heavy atom. The first-order valence-electron chi connectivity index (χ1n) is 9.51. The Bertz CT molecular complexity index is 972. The number of amides is 1. The minimum Gasteiger partial charge on any atom is -0.363 e. The second kappa shape index (κ2) is 6.72. The summed E-state index contributed by atoms with van der Waals surface area (Å²) < 4.78 is 0. The maximum absolute atomic E-state index is 13.3. The molecule has 1 aliphatic rings. The second-order valence-corrected chi connectivity index (χ2v) is 7.80. The summed E-state index contributed by atoms with van der Waals surface area (Å²) in [6.45, 7) is 5.09. The Balaban J connectivity index is 1.71. The average molecular weight is 362 g/mol. The van der Waals surface area contributed by atoms with E-state index in [-0.39, 0.29) is 11.9 Å². The molecule has 140 valence electrons. The Labute approximate surface area is 160 Å². The number of carbonyl (C=O) groups excluding carboxylic acids is 1. The van der Waals surface area contributed by atoms with Crippen molar-refractivity contribution in [2.24, 2.45) is 5.92 Å². The number of anilines is 1. The number of para-hydroxylation sites is 1. The molecule has 1 aromatic carbocycles. The first-order valence-corrected chi connectivity index (χ1v) is 9.51. The van der Waals surface area contributed by atoms with Crippen LogP contribution >= 0.6 is 0 Å². The molecular weight excluding hydrogens is 336 g/mol. The number of H-pyrrole nitrogens is 1. The topological polar surface area (TPSA) is 52.2 Å². The van der Waals surface area contributed by atoms with Gasteiger partial charge in [-0.3, -0.25) is 4.79 Å². The molecule has 1 atom stereocenters. The van der Waals surface area contributed by atoms with Crippen LogP contribution in [0.15, 0.2) is 42.6 Å². The van der Waals surface area contributed by atoms with E-state index in [1.54, 1.807) is 6.20 Å². The highest BCUT2D eigenvalue weighted by Gasteiger charge is 2.35. The smallest absolute Gasteiger partial charge is 0.256 e. The molecule has 5 nitrogen and oxygen atoms in total. The predicted molar refractivity (Wildman–Crippen MR) is 109 cm³/mol. The molecule has 0 saturated heterocycles. The van der Waals surface area contributed by atoms with Crippen molar-refractivity contribution in [3.05, 3.63) is 59.4 Å². The van der Waals surface area contributed by atoms with Gasteiger partial charge in [0.1, 0.15) is 5.82 Å². The number of aromatic nitrogens is 2. The largest absolute Gasteiger partial charge is 0.363 e. The third-order valence-electron chi connectivity index (χ3n) is 5.43. The molecule has 1 amide bonds. The molecule has 1 aliphatic heterocycles. The summed E-state index contributed by atoms with van der Waals surface area (Å²) in [5.74, 6) is 1.22. The van der Waals surface area contributed by atoms with Crippen LogP contribution in [0.2, 0.25) is 0 Å². The van der Waals surface area contributed by atoms with Gasteiger partial charge in [-0.1, -0.05) is 32.0 Å². The van der Waals surface area contributed by atoms with E-state index in [1.807, 2.05) is 36.0 Å². The maximum atomic E-state index is 13.3. The van der Waals surface area contributed by atoms with Crippen molar-refractivity contribution in [2.45, 2.75) is 26.3 Å². The number of aromatic amines is 1. The lowest BCUT2D eigenvalue weighted by Crippen LogP contribution is -2.42. The summed E-state index contributed by atoms with van der Waals surface area (Å²) in [5.41, 5.74) is 4.34. The molecule has 3 aromatic rings. The summed E-state index contributed by atoms with van der Waals surface area (Å²) in [6, 6.07) is 12.2. The summed E-state index contributed by atoms with van der Waals surface area (Å²) in [4.78, 5) is 25.2. The van der Waals surface area contributed by atoms with Crippen LogP contribution in [-0.2, 0) is 6.42 Å². The van der Waals surface area contributed by atoms with E-state index >= 15 is 0 Å². The van der Waals surface area contributed by atoms with E-state index in [0.717, 1.165) is 24.3 Å². The maximum Gasteiger partial charge on any atom is 0.256 e. The number of nitrogens with zero attached hydrogens (tertiary/aromatic N) is 3. The zero-order chi connectivity index (χ0) is 19.1. The van der Waals surface area contributed by atoms with E-state index in [2.05, 4.69) is 48.1 Å². The van der Waals surface area contributed by atoms with Crippen molar-refractivity contribution in [2.75, 3.05) is 25.5 Å². The highest BCUT2D eigenvalue weighted by molar-refractivity contribution is 5.95. The molecule has 0 bridgehead atoms. The number of rotatable bonds is 3. The number of hydrogen-bond acceptors (Lipinski definition) is 3. The van der Waals surface area contributed by atoms with Crippen LogP contribution in [0.1, 0.15) is 41.5 Å². The van der Waals surface area contributed by atoms with Crippen LogP contribution in [-0.4, -0.2) is 41.4 Å². The highest BCUT2D eigenvalue weighted by Crippen LogP contribution is 2.39. The van der Waals surface area contributed by atoms with Crippen molar-refractivity contribution < 1.29 is 4.79 Å². The summed E-state index contributed by atoms with van der Waals surface area (Å²) in [5, 5.41) is 1.28. The van der Waals surface area contributed by atoms with Crippen molar-refractivity contribution in [1.82, 2.24) is 14.9 Å². The molecule has 0 unspecified atom stereocenters. The fourth-order valence-corrected chi connectivity index (χ4v) is 4.13. The molecule has 0 aliphatic carbocycles. The van der Waals surface area contributed by atoms with Crippen LogP contribution in [0, 0.1) is 5.92 Å². The quantitative estimate of drug-likeness (QED) is 0.765. The molecule has 3 heterocycles. The van der Waals surface area contributed by atoms with Crippen LogP contribution in [0.4, 0.5) is 5.82 Å². The second-order valence-electron chi connectivity index (χ2n) is 7.80. The van der Waals surface area contributed by atoms with Gasteiger partial charge in [0.25, 0.3) is 5.91 Å². The minimum absolute atomic E-state index is 0.0437. The molecule has 4 rings (SSSR count). The lowest BCUT2D eigenvalue weighted by atomic mass is 9.90. The third kappa shape index (κ3) is 2.97. The number of carbonyl (C=O) groups is 1. The Morgan fingerprint density at radius 1 is 1.22 bits per heavy atom. The average Bonchev–Trinajstić information content (AvgIpc) is 3.05. The van der Waals surface area contributed by atoms with E-state index in [4.69, 9.17) is 0 Å². The van der Waals surface area contributed by atoms with Gasteiger partial charge in [-0.2, -0.15) is 0 Å². The standard InChI is InChI=1S/C22H26N4O/c1-14(2)21-20-17(16-7-5-6-8-18(16)24-20)11-12-26(21)22(27)15-9-10-19(23-13-15)25(3)4/h5-10,13-14,21,24H,11-12H2,1-4H3/t21-/m1/s1. The van der Waals surface area contributed by atoms with Gasteiger partial charge in [0, 0.05) is 43.4 Å². The van der Waals surface area contributed by atoms with Gasteiger partial charge in [0.05, 0.1) is 11.6 Å². The number of hydrogen-bond donors (Lipinski definition) is 1. The van der Waals surface area contributed by atoms with Crippen molar-refractivity contribution in [3.63, 3.8) is 0 Å². The van der Waals surface area contributed by atoms with Gasteiger partial charge in [-0.25, -0.2) is 4.98 Å². The zero-order valence-corrected chi connectivity index (χ0v) is 16.4. The Morgan fingerprint density at radius 2 is 2.00 bits per heavy atom. The Hall–Kier alpha value is -2.82. The van der Waals surface area contributed by atoms with E-state index in [9.17, 15) is 4.79 Å². The van der Waals surface area contributed by atoms with Gasteiger partial charge >= 0.3 is 0 Å². The molecule has 1 N–H and O–H groups in total. The summed E-state index contributed by atoms with van der Waals surface area (Å²) >= 11 is 0. The van der Waals surface area contributed by atoms with Gasteiger partial charge < -0.3 is 14.8 Å². The predicted octanol–water partition coefficient (Wildman–Crippen LogP) is 4.02. The molecule has 0 radical (unpaired) electrons. The van der Waals surface area contributed by atoms with Crippen LogP contribution < -0.4 is 4.90 Å². The van der Waals surface area contributed by atoms with Crippen molar-refractivity contribution in [3.8, 4) is 0 Å². The minimum atomic E-state index is 0.0437. The molecule has 27 heavy (non-hydrogen) atoms. The van der Waals surface area contributed by atoms with Gasteiger partial charge in [-0.05, 0) is 36.1 Å². The molecule has 5 heteroatoms. The molecule has 0 saturated carbocycles. The first kappa shape index (κ1) is 17.6. The zero-order valence-electron chi connectivity index (χ0n) is 16.4. The van der Waals surface area contributed by atoms with E-state index in [0.29, 0.717) is 11.5 Å². The van der Waals surface area contributed by atoms with Crippen molar-refractivity contribution in [1.29, 1.82) is 0 Å². The summed E-state index contributed by atoms with van der Waals surface area (Å²) in [6.07, 6.45) is 2.56. The summed E-state index contributed by atoms with van der Waals surface area (Å²) in [7, 11) is 3.89. The third-order valence-corrected chi connectivity index (χ3v) is 5.43. The van der Waals surface area contributed by atoms with Gasteiger partial charge in [-0.15, -0.1) is 0 Å². The monoisotopic (exact) mass is 362 g/mol. The molecule has 2 aromatic heterocycles. The van der Waals surface area contributed by atoms with E-state index < -0.39 is 0 Å². The normalized spacial score (nSPS) is 16.6. The Kier molecular flexibility index (Phi) is 4.38. The van der Waals surface area contributed by atoms with Gasteiger partial charge in [0.2, 0.25) is 0 Å². The van der Waals surface area contributed by atoms with Crippen LogP contribution in [0.3, 0.4) is 0 Å². The first-order chi connectivity index (χ1) is 13.0. The van der Waals surface area contributed by atoms with Gasteiger partial charge in [0.15, 0.2) is 0 Å². The number of pyridine rings is 1. The van der Waals surface area contributed by atoms with Crippen LogP contribution in [0.5, 0.6) is 0 Å². The molecule has 0 fully saturated rings. The fraction of sp³-hybridized carbons (Fsp3) is 0.364. The highest BCUT2D eigenvalue weighted by atomic mass is 16.2.